The second-order valence-electron chi connectivity index (χ2n) is 5.34. The van der Waals surface area contributed by atoms with Gasteiger partial charge in [0.05, 0.1) is 20.3 Å². The maximum Gasteiger partial charge on any atom is 0.201 e. The predicted molar refractivity (Wildman–Crippen MR) is 80.7 cm³/mol. The van der Waals surface area contributed by atoms with E-state index < -0.39 is 20.4 Å². The van der Waals surface area contributed by atoms with E-state index >= 15 is 0 Å². The summed E-state index contributed by atoms with van der Waals surface area (Å²) in [5.41, 5.74) is 6.81. The van der Waals surface area contributed by atoms with Gasteiger partial charge in [0, 0.05) is 18.9 Å². The number of hydrogen-bond donors (Lipinski definition) is 1. The molecule has 1 aromatic heterocycles. The van der Waals surface area contributed by atoms with E-state index in [9.17, 15) is 12.8 Å². The van der Waals surface area contributed by atoms with Crippen molar-refractivity contribution in [1.29, 1.82) is 0 Å². The number of sulfone groups is 1. The molecule has 0 atom stereocenters. The van der Waals surface area contributed by atoms with Gasteiger partial charge in [0.2, 0.25) is 5.95 Å². The summed E-state index contributed by atoms with van der Waals surface area (Å²) in [6.07, 6.45) is 1.18. The minimum Gasteiger partial charge on any atom is -0.369 e. The van der Waals surface area contributed by atoms with Crippen LogP contribution >= 0.6 is 15.9 Å². The zero-order chi connectivity index (χ0) is 15.3. The summed E-state index contributed by atoms with van der Waals surface area (Å²) in [6.45, 7) is 3.38. The molecular formula is C12H15BrFN3O2S. The number of imidazole rings is 1. The molecule has 110 valence electrons. The molecule has 0 bridgehead atoms. The van der Waals surface area contributed by atoms with E-state index in [2.05, 4.69) is 20.9 Å². The Bertz CT molecular complexity index is 784. The van der Waals surface area contributed by atoms with Gasteiger partial charge in [-0.2, -0.15) is 0 Å². The highest BCUT2D eigenvalue weighted by Gasteiger charge is 2.32. The lowest BCUT2D eigenvalue weighted by atomic mass is 10.2. The van der Waals surface area contributed by atoms with E-state index in [0.717, 1.165) is 0 Å². The summed E-state index contributed by atoms with van der Waals surface area (Å²) in [5.74, 6) is -0.279. The fraction of sp³-hybridized carbons (Fsp3) is 0.417. The largest absolute Gasteiger partial charge is 0.369 e. The van der Waals surface area contributed by atoms with Gasteiger partial charge in [-0.3, -0.25) is 0 Å². The van der Waals surface area contributed by atoms with Crippen molar-refractivity contribution in [3.8, 4) is 0 Å². The summed E-state index contributed by atoms with van der Waals surface area (Å²) in [7, 11) is -3.27. The van der Waals surface area contributed by atoms with E-state index in [1.807, 2.05) is 0 Å². The summed E-state index contributed by atoms with van der Waals surface area (Å²) >= 11 is 3.10. The number of hydrogen-bond acceptors (Lipinski definition) is 4. The molecule has 0 saturated heterocycles. The number of nitrogens with zero attached hydrogens (tertiary/aromatic N) is 2. The first kappa shape index (κ1) is 15.2. The first-order chi connectivity index (χ1) is 9.03. The highest BCUT2D eigenvalue weighted by Crippen LogP contribution is 2.28. The summed E-state index contributed by atoms with van der Waals surface area (Å²) in [5, 5.41) is 0. The molecular weight excluding hydrogens is 349 g/mol. The molecule has 0 aliphatic carbocycles. The van der Waals surface area contributed by atoms with Crippen LogP contribution in [0.2, 0.25) is 0 Å². The van der Waals surface area contributed by atoms with Gasteiger partial charge < -0.3 is 10.3 Å². The van der Waals surface area contributed by atoms with Crippen LogP contribution in [0.5, 0.6) is 0 Å². The second-order valence-corrected chi connectivity index (χ2v) is 8.85. The molecule has 0 saturated carbocycles. The molecule has 2 N–H and O–H groups in total. The Morgan fingerprint density at radius 2 is 2.05 bits per heavy atom. The average molecular weight is 364 g/mol. The number of aromatic nitrogens is 2. The van der Waals surface area contributed by atoms with E-state index in [1.165, 1.54) is 12.3 Å². The van der Waals surface area contributed by atoms with Crippen molar-refractivity contribution in [3.05, 3.63) is 22.4 Å². The molecule has 1 aromatic carbocycles. The smallest absolute Gasteiger partial charge is 0.201 e. The lowest BCUT2D eigenvalue weighted by Crippen LogP contribution is -2.36. The van der Waals surface area contributed by atoms with Crippen molar-refractivity contribution in [2.45, 2.75) is 25.1 Å². The third-order valence-corrected chi connectivity index (χ3v) is 6.11. The van der Waals surface area contributed by atoms with Crippen LogP contribution in [0.15, 0.2) is 16.6 Å². The first-order valence-electron chi connectivity index (χ1n) is 5.83. The van der Waals surface area contributed by atoms with Crippen LogP contribution in [-0.2, 0) is 16.4 Å². The minimum absolute atomic E-state index is 0.145. The maximum absolute atomic E-state index is 13.5. The van der Waals surface area contributed by atoms with Crippen LogP contribution in [0.25, 0.3) is 11.0 Å². The Labute approximate surface area is 125 Å². The highest BCUT2D eigenvalue weighted by molar-refractivity contribution is 9.10. The van der Waals surface area contributed by atoms with E-state index in [1.54, 1.807) is 24.5 Å². The quantitative estimate of drug-likeness (QED) is 0.907. The monoisotopic (exact) mass is 363 g/mol. The van der Waals surface area contributed by atoms with Crippen LogP contribution in [0.4, 0.5) is 10.3 Å². The number of anilines is 1. The van der Waals surface area contributed by atoms with Crippen LogP contribution in [-0.4, -0.2) is 29.0 Å². The van der Waals surface area contributed by atoms with Crippen molar-refractivity contribution in [2.24, 2.45) is 0 Å². The van der Waals surface area contributed by atoms with Crippen molar-refractivity contribution in [1.82, 2.24) is 9.55 Å². The molecule has 5 nitrogen and oxygen atoms in total. The Morgan fingerprint density at radius 1 is 1.45 bits per heavy atom. The first-order valence-corrected chi connectivity index (χ1v) is 8.52. The molecule has 0 radical (unpaired) electrons. The molecule has 1 heterocycles. The molecule has 2 aromatic rings. The van der Waals surface area contributed by atoms with Crippen molar-refractivity contribution >= 4 is 42.7 Å². The molecule has 0 spiro atoms. The molecule has 8 heteroatoms. The Morgan fingerprint density at radius 3 is 2.60 bits per heavy atom. The third kappa shape index (κ3) is 2.54. The normalized spacial score (nSPS) is 13.1. The fourth-order valence-corrected chi connectivity index (χ4v) is 2.50. The number of halogens is 2. The van der Waals surface area contributed by atoms with Crippen LogP contribution in [0, 0.1) is 5.82 Å². The minimum atomic E-state index is -3.27. The van der Waals surface area contributed by atoms with E-state index in [-0.39, 0.29) is 17.0 Å². The molecule has 0 amide bonds. The SMILES string of the molecule is CC(C)(Cn1c(N)nc2cc(F)c(Br)cc21)S(C)(=O)=O. The van der Waals surface area contributed by atoms with Gasteiger partial charge in [-0.15, -0.1) is 0 Å². The van der Waals surface area contributed by atoms with Crippen molar-refractivity contribution in [2.75, 3.05) is 12.0 Å². The number of fused-ring (bicyclic) bond motifs is 1. The zero-order valence-electron chi connectivity index (χ0n) is 11.3. The van der Waals surface area contributed by atoms with E-state index in [0.29, 0.717) is 11.0 Å². The summed E-state index contributed by atoms with van der Waals surface area (Å²) < 4.78 is 38.0. The average Bonchev–Trinajstić information content (AvgIpc) is 2.55. The number of benzene rings is 1. The van der Waals surface area contributed by atoms with E-state index in [4.69, 9.17) is 5.73 Å². The Hall–Kier alpha value is -1.15. The predicted octanol–water partition coefficient (Wildman–Crippen LogP) is 2.34. The fourth-order valence-electron chi connectivity index (χ4n) is 1.80. The molecule has 2 rings (SSSR count). The molecule has 0 aliphatic heterocycles. The van der Waals surface area contributed by atoms with Gasteiger partial charge in [-0.25, -0.2) is 17.8 Å². The zero-order valence-corrected chi connectivity index (χ0v) is 13.7. The highest BCUT2D eigenvalue weighted by atomic mass is 79.9. The van der Waals surface area contributed by atoms with Gasteiger partial charge in [-0.1, -0.05) is 0 Å². The summed E-state index contributed by atoms with van der Waals surface area (Å²) in [6, 6.07) is 2.81. The Balaban J connectivity index is 2.61. The van der Waals surface area contributed by atoms with Crippen molar-refractivity contribution in [3.63, 3.8) is 0 Å². The molecule has 0 aliphatic rings. The lowest BCUT2D eigenvalue weighted by Gasteiger charge is -2.23. The third-order valence-electron chi connectivity index (χ3n) is 3.36. The lowest BCUT2D eigenvalue weighted by molar-refractivity contribution is 0.511. The number of rotatable bonds is 3. The number of nitrogens with two attached hydrogens (primary N) is 1. The van der Waals surface area contributed by atoms with Gasteiger partial charge in [0.15, 0.2) is 9.84 Å². The number of nitrogen functional groups attached to an aromatic ring is 1. The van der Waals surface area contributed by atoms with Crippen molar-refractivity contribution < 1.29 is 12.8 Å². The second kappa shape index (κ2) is 4.70. The van der Waals surface area contributed by atoms with Crippen LogP contribution in [0.1, 0.15) is 13.8 Å². The van der Waals surface area contributed by atoms with Gasteiger partial charge in [0.1, 0.15) is 5.82 Å². The topological polar surface area (TPSA) is 78.0 Å². The van der Waals surface area contributed by atoms with Crippen LogP contribution < -0.4 is 5.73 Å². The van der Waals surface area contributed by atoms with Gasteiger partial charge in [0.25, 0.3) is 0 Å². The molecule has 0 unspecified atom stereocenters. The van der Waals surface area contributed by atoms with Gasteiger partial charge >= 0.3 is 0 Å². The van der Waals surface area contributed by atoms with Crippen LogP contribution in [0.3, 0.4) is 0 Å². The standard InChI is InChI=1S/C12H15BrFN3O2S/c1-12(2,20(3,18)19)6-17-10-4-7(13)8(14)5-9(10)16-11(17)15/h4-5H,6H2,1-3H3,(H2,15,16). The molecule has 0 fully saturated rings. The summed E-state index contributed by atoms with van der Waals surface area (Å²) in [4.78, 5) is 4.07. The maximum atomic E-state index is 13.5. The van der Waals surface area contributed by atoms with Gasteiger partial charge in [-0.05, 0) is 35.8 Å². The Kier molecular flexibility index (Phi) is 3.58. The molecule has 20 heavy (non-hydrogen) atoms.